The summed E-state index contributed by atoms with van der Waals surface area (Å²) >= 11 is 0. The van der Waals surface area contributed by atoms with Crippen molar-refractivity contribution < 1.29 is 0 Å². The van der Waals surface area contributed by atoms with Gasteiger partial charge in [0.25, 0.3) is 0 Å². The Morgan fingerprint density at radius 3 is 2.63 bits per heavy atom. The van der Waals surface area contributed by atoms with Crippen LogP contribution in [0.25, 0.3) is 0 Å². The molecule has 0 saturated carbocycles. The SMILES string of the molecule is CC(C)CCCCCCN1CCN2CCCCC2C1. The van der Waals surface area contributed by atoms with Gasteiger partial charge in [-0.3, -0.25) is 4.90 Å². The summed E-state index contributed by atoms with van der Waals surface area (Å²) in [5.41, 5.74) is 0. The fraction of sp³-hybridized carbons (Fsp3) is 1.00. The Balaban J connectivity index is 1.52. The highest BCUT2D eigenvalue weighted by atomic mass is 15.3. The summed E-state index contributed by atoms with van der Waals surface area (Å²) in [6.07, 6.45) is 11.5. The van der Waals surface area contributed by atoms with Crippen molar-refractivity contribution in [1.82, 2.24) is 9.80 Å². The summed E-state index contributed by atoms with van der Waals surface area (Å²) in [7, 11) is 0. The highest BCUT2D eigenvalue weighted by Crippen LogP contribution is 2.21. The first-order valence-corrected chi connectivity index (χ1v) is 8.72. The molecule has 1 atom stereocenters. The maximum atomic E-state index is 2.74. The Kier molecular flexibility index (Phi) is 6.66. The Morgan fingerprint density at radius 1 is 0.947 bits per heavy atom. The molecule has 19 heavy (non-hydrogen) atoms. The quantitative estimate of drug-likeness (QED) is 0.647. The van der Waals surface area contributed by atoms with Crippen LogP contribution in [0.3, 0.4) is 0 Å². The van der Waals surface area contributed by atoms with Crippen LogP contribution in [0.15, 0.2) is 0 Å². The van der Waals surface area contributed by atoms with Crippen LogP contribution >= 0.6 is 0 Å². The fourth-order valence-corrected chi connectivity index (χ4v) is 3.66. The van der Waals surface area contributed by atoms with Gasteiger partial charge in [-0.2, -0.15) is 0 Å². The van der Waals surface area contributed by atoms with Gasteiger partial charge in [0.05, 0.1) is 0 Å². The number of hydrogen-bond donors (Lipinski definition) is 0. The van der Waals surface area contributed by atoms with E-state index in [1.165, 1.54) is 84.1 Å². The molecule has 0 aromatic carbocycles. The van der Waals surface area contributed by atoms with Crippen LogP contribution in [-0.2, 0) is 0 Å². The summed E-state index contributed by atoms with van der Waals surface area (Å²) in [5.74, 6) is 0.888. The zero-order valence-corrected chi connectivity index (χ0v) is 13.2. The normalized spacial score (nSPS) is 25.7. The molecule has 2 aliphatic heterocycles. The van der Waals surface area contributed by atoms with E-state index in [0.717, 1.165) is 12.0 Å². The Labute approximate surface area is 120 Å². The zero-order chi connectivity index (χ0) is 13.5. The van der Waals surface area contributed by atoms with Gasteiger partial charge in [-0.1, -0.05) is 46.0 Å². The second kappa shape index (κ2) is 8.26. The van der Waals surface area contributed by atoms with Crippen LogP contribution in [0, 0.1) is 5.92 Å². The first-order valence-electron chi connectivity index (χ1n) is 8.72. The second-order valence-electron chi connectivity index (χ2n) is 7.08. The molecule has 0 radical (unpaired) electrons. The predicted molar refractivity (Wildman–Crippen MR) is 83.6 cm³/mol. The maximum Gasteiger partial charge on any atom is 0.0223 e. The third-order valence-corrected chi connectivity index (χ3v) is 4.93. The van der Waals surface area contributed by atoms with E-state index < -0.39 is 0 Å². The van der Waals surface area contributed by atoms with E-state index in [2.05, 4.69) is 23.6 Å². The topological polar surface area (TPSA) is 6.48 Å². The molecule has 0 aromatic rings. The lowest BCUT2D eigenvalue weighted by molar-refractivity contribution is 0.0486. The van der Waals surface area contributed by atoms with Crippen molar-refractivity contribution in [2.45, 2.75) is 71.3 Å². The molecule has 112 valence electrons. The standard InChI is InChI=1S/C17H34N2/c1-16(2)9-5-3-4-7-11-18-13-14-19-12-8-6-10-17(19)15-18/h16-17H,3-15H2,1-2H3. The van der Waals surface area contributed by atoms with Crippen LogP contribution in [0.4, 0.5) is 0 Å². The summed E-state index contributed by atoms with van der Waals surface area (Å²) in [6, 6.07) is 0.892. The van der Waals surface area contributed by atoms with Crippen molar-refractivity contribution in [3.8, 4) is 0 Å². The molecule has 2 rings (SSSR count). The molecule has 2 saturated heterocycles. The highest BCUT2D eigenvalue weighted by Gasteiger charge is 2.28. The monoisotopic (exact) mass is 266 g/mol. The van der Waals surface area contributed by atoms with Gasteiger partial charge >= 0.3 is 0 Å². The molecule has 0 spiro atoms. The lowest BCUT2D eigenvalue weighted by Crippen LogP contribution is -2.54. The minimum Gasteiger partial charge on any atom is -0.301 e. The molecular weight excluding hydrogens is 232 g/mol. The highest BCUT2D eigenvalue weighted by molar-refractivity contribution is 4.84. The summed E-state index contributed by atoms with van der Waals surface area (Å²) in [5, 5.41) is 0. The molecule has 0 aliphatic carbocycles. The Hall–Kier alpha value is -0.0800. The van der Waals surface area contributed by atoms with E-state index in [9.17, 15) is 0 Å². The van der Waals surface area contributed by atoms with Crippen LogP contribution in [-0.4, -0.2) is 48.6 Å². The fourth-order valence-electron chi connectivity index (χ4n) is 3.66. The van der Waals surface area contributed by atoms with E-state index >= 15 is 0 Å². The largest absolute Gasteiger partial charge is 0.301 e. The summed E-state index contributed by atoms with van der Waals surface area (Å²) < 4.78 is 0. The summed E-state index contributed by atoms with van der Waals surface area (Å²) in [4.78, 5) is 5.47. The number of piperazine rings is 1. The summed E-state index contributed by atoms with van der Waals surface area (Å²) in [6.45, 7) is 11.4. The molecule has 2 nitrogen and oxygen atoms in total. The van der Waals surface area contributed by atoms with Gasteiger partial charge in [-0.05, 0) is 38.3 Å². The van der Waals surface area contributed by atoms with Crippen molar-refractivity contribution in [2.75, 3.05) is 32.7 Å². The number of unbranched alkanes of at least 4 members (excludes halogenated alkanes) is 3. The van der Waals surface area contributed by atoms with Crippen molar-refractivity contribution in [3.63, 3.8) is 0 Å². The molecule has 0 bridgehead atoms. The first-order chi connectivity index (χ1) is 9.25. The number of nitrogens with zero attached hydrogens (tertiary/aromatic N) is 2. The van der Waals surface area contributed by atoms with E-state index in [4.69, 9.17) is 0 Å². The Bertz CT molecular complexity index is 239. The number of hydrogen-bond acceptors (Lipinski definition) is 2. The van der Waals surface area contributed by atoms with Gasteiger partial charge in [0.15, 0.2) is 0 Å². The third-order valence-electron chi connectivity index (χ3n) is 4.93. The van der Waals surface area contributed by atoms with Gasteiger partial charge in [0, 0.05) is 25.7 Å². The van der Waals surface area contributed by atoms with Gasteiger partial charge in [0.1, 0.15) is 0 Å². The van der Waals surface area contributed by atoms with Crippen LogP contribution < -0.4 is 0 Å². The lowest BCUT2D eigenvalue weighted by atomic mass is 9.99. The molecule has 0 amide bonds. The Morgan fingerprint density at radius 2 is 1.79 bits per heavy atom. The van der Waals surface area contributed by atoms with Crippen LogP contribution in [0.5, 0.6) is 0 Å². The van der Waals surface area contributed by atoms with Crippen LogP contribution in [0.1, 0.15) is 65.2 Å². The maximum absolute atomic E-state index is 2.74. The average molecular weight is 266 g/mol. The second-order valence-corrected chi connectivity index (χ2v) is 7.08. The van der Waals surface area contributed by atoms with Gasteiger partial charge in [-0.15, -0.1) is 0 Å². The number of fused-ring (bicyclic) bond motifs is 1. The number of piperidine rings is 1. The molecule has 2 heteroatoms. The number of rotatable bonds is 7. The molecule has 2 aliphatic rings. The van der Waals surface area contributed by atoms with Crippen molar-refractivity contribution in [3.05, 3.63) is 0 Å². The third kappa shape index (κ3) is 5.43. The average Bonchev–Trinajstić information content (AvgIpc) is 2.42. The van der Waals surface area contributed by atoms with Gasteiger partial charge in [0.2, 0.25) is 0 Å². The van der Waals surface area contributed by atoms with Crippen molar-refractivity contribution in [2.24, 2.45) is 5.92 Å². The van der Waals surface area contributed by atoms with E-state index in [1.807, 2.05) is 0 Å². The van der Waals surface area contributed by atoms with E-state index in [1.54, 1.807) is 0 Å². The van der Waals surface area contributed by atoms with Gasteiger partial charge < -0.3 is 4.90 Å². The van der Waals surface area contributed by atoms with Gasteiger partial charge in [-0.25, -0.2) is 0 Å². The molecule has 2 fully saturated rings. The first kappa shape index (κ1) is 15.3. The molecule has 0 aromatic heterocycles. The minimum atomic E-state index is 0.888. The smallest absolute Gasteiger partial charge is 0.0223 e. The van der Waals surface area contributed by atoms with Crippen LogP contribution in [0.2, 0.25) is 0 Å². The minimum absolute atomic E-state index is 0.888. The van der Waals surface area contributed by atoms with E-state index in [-0.39, 0.29) is 0 Å². The molecule has 0 N–H and O–H groups in total. The molecular formula is C17H34N2. The predicted octanol–water partition coefficient (Wildman–Crippen LogP) is 3.76. The lowest BCUT2D eigenvalue weighted by Gasteiger charge is -2.44. The van der Waals surface area contributed by atoms with Crippen molar-refractivity contribution >= 4 is 0 Å². The van der Waals surface area contributed by atoms with E-state index in [0.29, 0.717) is 0 Å². The molecule has 2 heterocycles. The zero-order valence-electron chi connectivity index (χ0n) is 13.2. The van der Waals surface area contributed by atoms with Crippen molar-refractivity contribution in [1.29, 1.82) is 0 Å². The molecule has 1 unspecified atom stereocenters.